The molecule has 0 N–H and O–H groups in total. The number of hydrogen-bond donors (Lipinski definition) is 0. The highest BCUT2D eigenvalue weighted by atomic mass is 19.4. The molecular weight excluding hydrogens is 163 g/mol. The SMILES string of the molecule is O=C1[N]CCC1OC(F)(F)F. The number of amides is 1. The summed E-state index contributed by atoms with van der Waals surface area (Å²) in [4.78, 5) is 10.5. The number of ether oxygens (including phenoxy) is 1. The second kappa shape index (κ2) is 2.69. The van der Waals surface area contributed by atoms with Gasteiger partial charge in [-0.3, -0.25) is 9.53 Å². The molecule has 1 saturated heterocycles. The zero-order valence-corrected chi connectivity index (χ0v) is 5.39. The van der Waals surface area contributed by atoms with Crippen LogP contribution in [-0.2, 0) is 9.53 Å². The average Bonchev–Trinajstić information content (AvgIpc) is 2.12. The summed E-state index contributed by atoms with van der Waals surface area (Å²) >= 11 is 0. The molecule has 1 aliphatic rings. The summed E-state index contributed by atoms with van der Waals surface area (Å²) in [5.41, 5.74) is 0. The first-order chi connectivity index (χ1) is 4.99. The molecule has 0 aromatic rings. The van der Waals surface area contributed by atoms with Crippen LogP contribution in [0, 0.1) is 0 Å². The van der Waals surface area contributed by atoms with Gasteiger partial charge in [0.1, 0.15) is 6.10 Å². The van der Waals surface area contributed by atoms with E-state index in [1.165, 1.54) is 0 Å². The van der Waals surface area contributed by atoms with Crippen LogP contribution >= 0.6 is 0 Å². The number of carbonyl (C=O) groups excluding carboxylic acids is 1. The molecule has 11 heavy (non-hydrogen) atoms. The van der Waals surface area contributed by atoms with E-state index in [0.717, 1.165) is 0 Å². The Morgan fingerprint density at radius 1 is 1.55 bits per heavy atom. The van der Waals surface area contributed by atoms with Gasteiger partial charge in [-0.25, -0.2) is 5.32 Å². The van der Waals surface area contributed by atoms with Crippen LogP contribution in [0.3, 0.4) is 0 Å². The Bertz CT molecular complexity index is 168. The largest absolute Gasteiger partial charge is 0.523 e. The van der Waals surface area contributed by atoms with Gasteiger partial charge in [0, 0.05) is 13.0 Å². The van der Waals surface area contributed by atoms with Gasteiger partial charge in [0.15, 0.2) is 0 Å². The molecule has 0 spiro atoms. The number of rotatable bonds is 1. The van der Waals surface area contributed by atoms with Crippen molar-refractivity contribution < 1.29 is 22.7 Å². The van der Waals surface area contributed by atoms with Crippen LogP contribution in [0.15, 0.2) is 0 Å². The first-order valence-electron chi connectivity index (χ1n) is 2.95. The van der Waals surface area contributed by atoms with Crippen molar-refractivity contribution in [3.8, 4) is 0 Å². The van der Waals surface area contributed by atoms with Crippen LogP contribution in [0.1, 0.15) is 6.42 Å². The lowest BCUT2D eigenvalue weighted by molar-refractivity contribution is -0.336. The normalized spacial score (nSPS) is 25.4. The maximum absolute atomic E-state index is 11.5. The predicted molar refractivity (Wildman–Crippen MR) is 27.6 cm³/mol. The zero-order chi connectivity index (χ0) is 8.48. The van der Waals surface area contributed by atoms with Crippen LogP contribution in [0.2, 0.25) is 0 Å². The van der Waals surface area contributed by atoms with Crippen molar-refractivity contribution in [2.24, 2.45) is 0 Å². The van der Waals surface area contributed by atoms with Crippen molar-refractivity contribution >= 4 is 5.91 Å². The van der Waals surface area contributed by atoms with Crippen molar-refractivity contribution in [2.45, 2.75) is 18.9 Å². The first-order valence-corrected chi connectivity index (χ1v) is 2.95. The minimum atomic E-state index is -4.74. The van der Waals surface area contributed by atoms with Gasteiger partial charge in [0.25, 0.3) is 5.91 Å². The summed E-state index contributed by atoms with van der Waals surface area (Å²) in [5, 5.41) is 3.24. The van der Waals surface area contributed by atoms with E-state index in [0.29, 0.717) is 0 Å². The molecule has 0 saturated carbocycles. The molecule has 3 nitrogen and oxygen atoms in total. The number of hydrogen-bond acceptors (Lipinski definition) is 2. The topological polar surface area (TPSA) is 40.4 Å². The lowest BCUT2D eigenvalue weighted by Gasteiger charge is -2.10. The van der Waals surface area contributed by atoms with Crippen molar-refractivity contribution in [1.82, 2.24) is 5.32 Å². The predicted octanol–water partition coefficient (Wildman–Crippen LogP) is 0.426. The number of alkyl halides is 3. The molecule has 0 aromatic carbocycles. The fourth-order valence-corrected chi connectivity index (χ4v) is 0.788. The molecule has 0 aromatic heterocycles. The molecule has 1 radical (unpaired) electrons. The second-order valence-corrected chi connectivity index (χ2v) is 2.06. The standard InChI is InChI=1S/C5H5F3NO2/c6-5(7,8)11-3-1-2-9-4(3)10/h3H,1-2H2. The van der Waals surface area contributed by atoms with E-state index in [1.807, 2.05) is 0 Å². The van der Waals surface area contributed by atoms with E-state index in [2.05, 4.69) is 10.1 Å². The average molecular weight is 168 g/mol. The number of carbonyl (C=O) groups is 1. The molecule has 1 aliphatic heterocycles. The quantitative estimate of drug-likeness (QED) is 0.569. The van der Waals surface area contributed by atoms with Gasteiger partial charge in [-0.05, 0) is 0 Å². The van der Waals surface area contributed by atoms with Crippen molar-refractivity contribution in [3.05, 3.63) is 0 Å². The summed E-state index contributed by atoms with van der Waals surface area (Å²) in [6, 6.07) is 0. The van der Waals surface area contributed by atoms with Gasteiger partial charge in [-0.15, -0.1) is 13.2 Å². The van der Waals surface area contributed by atoms with Crippen LogP contribution in [0.5, 0.6) is 0 Å². The molecule has 63 valence electrons. The minimum Gasteiger partial charge on any atom is -0.278 e. The number of halogens is 3. The molecule has 1 atom stereocenters. The molecule has 1 fully saturated rings. The lowest BCUT2D eigenvalue weighted by Crippen LogP contribution is -2.28. The third-order valence-corrected chi connectivity index (χ3v) is 1.21. The van der Waals surface area contributed by atoms with E-state index in [9.17, 15) is 18.0 Å². The summed E-state index contributed by atoms with van der Waals surface area (Å²) in [6.07, 6.45) is -6.12. The molecule has 0 aliphatic carbocycles. The Morgan fingerprint density at radius 3 is 2.55 bits per heavy atom. The van der Waals surface area contributed by atoms with Gasteiger partial charge in [-0.1, -0.05) is 0 Å². The molecular formula is C5H5F3NO2. The van der Waals surface area contributed by atoms with Gasteiger partial charge < -0.3 is 0 Å². The Labute approximate surface area is 60.5 Å². The van der Waals surface area contributed by atoms with Gasteiger partial charge in [0.05, 0.1) is 0 Å². The van der Waals surface area contributed by atoms with Gasteiger partial charge >= 0.3 is 6.36 Å². The monoisotopic (exact) mass is 168 g/mol. The molecule has 1 rings (SSSR count). The van der Waals surface area contributed by atoms with Crippen LogP contribution in [-0.4, -0.2) is 24.9 Å². The van der Waals surface area contributed by atoms with Crippen LogP contribution in [0.25, 0.3) is 0 Å². The summed E-state index contributed by atoms with van der Waals surface area (Å²) in [5.74, 6) is -0.817. The third kappa shape index (κ3) is 2.38. The van der Waals surface area contributed by atoms with Gasteiger partial charge in [-0.2, -0.15) is 0 Å². The Balaban J connectivity index is 2.43. The van der Waals surface area contributed by atoms with Crippen molar-refractivity contribution in [3.63, 3.8) is 0 Å². The van der Waals surface area contributed by atoms with E-state index in [1.54, 1.807) is 0 Å². The molecule has 1 amide bonds. The first kappa shape index (κ1) is 8.32. The molecule has 1 heterocycles. The Hall–Kier alpha value is -0.780. The van der Waals surface area contributed by atoms with Crippen LogP contribution < -0.4 is 5.32 Å². The highest BCUT2D eigenvalue weighted by molar-refractivity contribution is 5.82. The molecule has 0 bridgehead atoms. The van der Waals surface area contributed by atoms with E-state index in [4.69, 9.17) is 0 Å². The lowest BCUT2D eigenvalue weighted by atomic mass is 10.3. The highest BCUT2D eigenvalue weighted by Gasteiger charge is 2.39. The van der Waals surface area contributed by atoms with Crippen molar-refractivity contribution in [2.75, 3.05) is 6.54 Å². The summed E-state index contributed by atoms with van der Waals surface area (Å²) < 4.78 is 37.9. The van der Waals surface area contributed by atoms with E-state index < -0.39 is 18.4 Å². The molecule has 1 unspecified atom stereocenters. The number of nitrogens with zero attached hydrogens (tertiary/aromatic N) is 1. The Morgan fingerprint density at radius 2 is 2.18 bits per heavy atom. The van der Waals surface area contributed by atoms with E-state index in [-0.39, 0.29) is 13.0 Å². The Kier molecular flexibility index (Phi) is 2.03. The minimum absolute atomic E-state index is 0.0261. The zero-order valence-electron chi connectivity index (χ0n) is 5.39. The maximum atomic E-state index is 11.5. The third-order valence-electron chi connectivity index (χ3n) is 1.21. The highest BCUT2D eigenvalue weighted by Crippen LogP contribution is 2.21. The van der Waals surface area contributed by atoms with Gasteiger partial charge in [0.2, 0.25) is 0 Å². The smallest absolute Gasteiger partial charge is 0.278 e. The molecule has 6 heteroatoms. The maximum Gasteiger partial charge on any atom is 0.523 e. The summed E-state index contributed by atoms with van der Waals surface area (Å²) in [6.45, 7) is 0.125. The summed E-state index contributed by atoms with van der Waals surface area (Å²) in [7, 11) is 0. The van der Waals surface area contributed by atoms with Crippen molar-refractivity contribution in [1.29, 1.82) is 0 Å². The fourth-order valence-electron chi connectivity index (χ4n) is 0.788. The van der Waals surface area contributed by atoms with Crippen LogP contribution in [0.4, 0.5) is 13.2 Å². The fraction of sp³-hybridized carbons (Fsp3) is 0.800. The van der Waals surface area contributed by atoms with E-state index >= 15 is 0 Å². The second-order valence-electron chi connectivity index (χ2n) is 2.06.